The minimum Gasteiger partial charge on any atom is -0.491 e. The minimum atomic E-state index is -1.03. The Bertz CT molecular complexity index is 463. The van der Waals surface area contributed by atoms with Crippen LogP contribution in [-0.4, -0.2) is 46.2 Å². The normalized spacial score (nSPS) is 19.1. The monoisotopic (exact) mass is 313 g/mol. The number of hydrogen-bond acceptors (Lipinski definition) is 5. The third kappa shape index (κ3) is 5.39. The van der Waals surface area contributed by atoms with E-state index in [-0.39, 0.29) is 17.6 Å². The number of hydrogen-bond donors (Lipinski definition) is 2. The maximum atomic E-state index is 12.1. The second-order valence-electron chi connectivity index (χ2n) is 5.18. The summed E-state index contributed by atoms with van der Waals surface area (Å²) in [6, 6.07) is 7.46. The second kappa shape index (κ2) is 8.48. The largest absolute Gasteiger partial charge is 0.491 e. The highest BCUT2D eigenvalue weighted by atomic mass is 32.2. The van der Waals surface area contributed by atoms with Gasteiger partial charge in [-0.2, -0.15) is 0 Å². The van der Waals surface area contributed by atoms with Crippen LogP contribution >= 0.6 is 0 Å². The third-order valence-electron chi connectivity index (χ3n) is 3.47. The zero-order valence-corrected chi connectivity index (χ0v) is 12.9. The van der Waals surface area contributed by atoms with Gasteiger partial charge in [0.15, 0.2) is 0 Å². The van der Waals surface area contributed by atoms with Crippen molar-refractivity contribution in [2.45, 2.75) is 30.7 Å². The average Bonchev–Trinajstić information content (AvgIpc) is 2.54. The van der Waals surface area contributed by atoms with Gasteiger partial charge >= 0.3 is 0 Å². The zero-order chi connectivity index (χ0) is 15.1. The number of aliphatic hydroxyl groups excluding tert-OH is 1. The smallest absolute Gasteiger partial charge is 0.119 e. The molecule has 1 aromatic rings. The predicted molar refractivity (Wildman–Crippen MR) is 82.7 cm³/mol. The van der Waals surface area contributed by atoms with E-state index in [4.69, 9.17) is 15.2 Å². The number of ether oxygens (including phenoxy) is 2. The summed E-state index contributed by atoms with van der Waals surface area (Å²) < 4.78 is 22.9. The SMILES string of the molecule is NCc1cccc(OCC(O)CS(=O)C2CCOCC2)c1. The van der Waals surface area contributed by atoms with Gasteiger partial charge in [0, 0.05) is 35.8 Å². The number of aliphatic hydroxyl groups is 1. The van der Waals surface area contributed by atoms with Crippen molar-refractivity contribution in [2.24, 2.45) is 5.73 Å². The molecule has 0 spiro atoms. The summed E-state index contributed by atoms with van der Waals surface area (Å²) in [6.45, 7) is 1.92. The quantitative estimate of drug-likeness (QED) is 0.778. The third-order valence-corrected chi connectivity index (χ3v) is 5.40. The first-order valence-electron chi connectivity index (χ1n) is 7.24. The Kier molecular flexibility index (Phi) is 6.63. The highest BCUT2D eigenvalue weighted by Crippen LogP contribution is 2.16. The van der Waals surface area contributed by atoms with E-state index in [2.05, 4.69) is 0 Å². The fourth-order valence-corrected chi connectivity index (χ4v) is 3.73. The standard InChI is InChI=1S/C15H23NO4S/c16-9-12-2-1-3-14(8-12)20-10-13(17)11-21(18)15-4-6-19-7-5-15/h1-3,8,13,15,17H,4-7,9-11,16H2. The van der Waals surface area contributed by atoms with Crippen molar-refractivity contribution >= 4 is 10.8 Å². The van der Waals surface area contributed by atoms with Gasteiger partial charge in [0.05, 0.1) is 11.9 Å². The van der Waals surface area contributed by atoms with Crippen LogP contribution in [0.15, 0.2) is 24.3 Å². The molecule has 21 heavy (non-hydrogen) atoms. The van der Waals surface area contributed by atoms with Gasteiger partial charge in [-0.25, -0.2) is 0 Å². The molecule has 0 aromatic heterocycles. The van der Waals surface area contributed by atoms with Gasteiger partial charge in [-0.05, 0) is 30.5 Å². The first-order valence-corrected chi connectivity index (χ1v) is 8.62. The van der Waals surface area contributed by atoms with Crippen LogP contribution in [0.2, 0.25) is 0 Å². The van der Waals surface area contributed by atoms with Crippen molar-refractivity contribution in [1.29, 1.82) is 0 Å². The Morgan fingerprint density at radius 3 is 2.90 bits per heavy atom. The lowest BCUT2D eigenvalue weighted by Crippen LogP contribution is -2.32. The average molecular weight is 313 g/mol. The van der Waals surface area contributed by atoms with Crippen LogP contribution in [0.4, 0.5) is 0 Å². The van der Waals surface area contributed by atoms with Crippen molar-refractivity contribution in [2.75, 3.05) is 25.6 Å². The lowest BCUT2D eigenvalue weighted by atomic mass is 10.2. The van der Waals surface area contributed by atoms with Crippen LogP contribution < -0.4 is 10.5 Å². The van der Waals surface area contributed by atoms with Gasteiger partial charge in [-0.1, -0.05) is 12.1 Å². The number of nitrogens with two attached hydrogens (primary N) is 1. The lowest BCUT2D eigenvalue weighted by molar-refractivity contribution is 0.0982. The van der Waals surface area contributed by atoms with Crippen molar-refractivity contribution < 1.29 is 18.8 Å². The summed E-state index contributed by atoms with van der Waals surface area (Å²) in [7, 11) is -1.03. The molecule has 0 aliphatic carbocycles. The first kappa shape index (κ1) is 16.4. The van der Waals surface area contributed by atoms with Crippen molar-refractivity contribution in [3.8, 4) is 5.75 Å². The highest BCUT2D eigenvalue weighted by molar-refractivity contribution is 7.85. The fourth-order valence-electron chi connectivity index (χ4n) is 2.27. The second-order valence-corrected chi connectivity index (χ2v) is 6.94. The highest BCUT2D eigenvalue weighted by Gasteiger charge is 2.22. The van der Waals surface area contributed by atoms with Crippen molar-refractivity contribution in [3.05, 3.63) is 29.8 Å². The molecular weight excluding hydrogens is 290 g/mol. The van der Waals surface area contributed by atoms with Gasteiger partial charge in [0.1, 0.15) is 12.4 Å². The summed E-state index contributed by atoms with van der Waals surface area (Å²) >= 11 is 0. The van der Waals surface area contributed by atoms with Gasteiger partial charge in [0.2, 0.25) is 0 Å². The van der Waals surface area contributed by atoms with E-state index in [1.54, 1.807) is 0 Å². The molecule has 6 heteroatoms. The Balaban J connectivity index is 1.75. The topological polar surface area (TPSA) is 81.8 Å². The van der Waals surface area contributed by atoms with E-state index in [0.29, 0.717) is 25.5 Å². The van der Waals surface area contributed by atoms with E-state index < -0.39 is 16.9 Å². The number of benzene rings is 1. The molecule has 2 rings (SSSR count). The lowest BCUT2D eigenvalue weighted by Gasteiger charge is -2.22. The Hall–Kier alpha value is -0.950. The molecule has 1 saturated heterocycles. The Morgan fingerprint density at radius 2 is 2.19 bits per heavy atom. The molecule has 0 radical (unpaired) electrons. The van der Waals surface area contributed by atoms with Crippen molar-refractivity contribution in [3.63, 3.8) is 0 Å². The first-order chi connectivity index (χ1) is 10.2. The maximum absolute atomic E-state index is 12.1. The predicted octanol–water partition coefficient (Wildman–Crippen LogP) is 0.813. The van der Waals surface area contributed by atoms with E-state index in [1.165, 1.54) is 0 Å². The maximum Gasteiger partial charge on any atom is 0.119 e. The Morgan fingerprint density at radius 1 is 1.43 bits per heavy atom. The molecular formula is C15H23NO4S. The molecule has 1 aromatic carbocycles. The van der Waals surface area contributed by atoms with Crippen LogP contribution in [0.5, 0.6) is 5.75 Å². The molecule has 1 fully saturated rings. The van der Waals surface area contributed by atoms with Gasteiger partial charge < -0.3 is 20.3 Å². The molecule has 1 heterocycles. The molecule has 1 aliphatic heterocycles. The minimum absolute atomic E-state index is 0.133. The molecule has 118 valence electrons. The Labute approximate surface area is 127 Å². The van der Waals surface area contributed by atoms with Crippen LogP contribution in [-0.2, 0) is 22.1 Å². The molecule has 0 amide bonds. The summed E-state index contributed by atoms with van der Waals surface area (Å²) in [5.41, 5.74) is 6.55. The molecule has 0 bridgehead atoms. The van der Waals surface area contributed by atoms with Crippen LogP contribution in [0, 0.1) is 0 Å². The molecule has 2 atom stereocenters. The van der Waals surface area contributed by atoms with E-state index in [1.807, 2.05) is 24.3 Å². The van der Waals surface area contributed by atoms with E-state index in [9.17, 15) is 9.32 Å². The van der Waals surface area contributed by atoms with Crippen LogP contribution in [0.25, 0.3) is 0 Å². The summed E-state index contributed by atoms with van der Waals surface area (Å²) in [5.74, 6) is 0.926. The summed E-state index contributed by atoms with van der Waals surface area (Å²) in [5, 5.41) is 10.1. The number of rotatable bonds is 7. The molecule has 2 unspecified atom stereocenters. The fraction of sp³-hybridized carbons (Fsp3) is 0.600. The van der Waals surface area contributed by atoms with E-state index in [0.717, 1.165) is 18.4 Å². The van der Waals surface area contributed by atoms with Crippen molar-refractivity contribution in [1.82, 2.24) is 0 Å². The van der Waals surface area contributed by atoms with E-state index >= 15 is 0 Å². The molecule has 5 nitrogen and oxygen atoms in total. The molecule has 0 saturated carbocycles. The van der Waals surface area contributed by atoms with Gasteiger partial charge in [0.25, 0.3) is 0 Å². The summed E-state index contributed by atoms with van der Waals surface area (Å²) in [6.07, 6.45) is 0.882. The van der Waals surface area contributed by atoms with Crippen LogP contribution in [0.3, 0.4) is 0 Å². The summed E-state index contributed by atoms with van der Waals surface area (Å²) in [4.78, 5) is 0. The molecule has 3 N–H and O–H groups in total. The van der Waals surface area contributed by atoms with Gasteiger partial charge in [-0.15, -0.1) is 0 Å². The molecule has 1 aliphatic rings. The van der Waals surface area contributed by atoms with Crippen LogP contribution in [0.1, 0.15) is 18.4 Å². The zero-order valence-electron chi connectivity index (χ0n) is 12.1. The van der Waals surface area contributed by atoms with Gasteiger partial charge in [-0.3, -0.25) is 4.21 Å².